The molecular formula is C12H15BrFNO4S. The Morgan fingerprint density at radius 2 is 2.05 bits per heavy atom. The summed E-state index contributed by atoms with van der Waals surface area (Å²) >= 11 is 2.89. The fourth-order valence-electron chi connectivity index (χ4n) is 1.57. The number of carbonyl (C=O) groups is 1. The molecule has 0 saturated heterocycles. The summed E-state index contributed by atoms with van der Waals surface area (Å²) in [6.45, 7) is 3.58. The van der Waals surface area contributed by atoms with Crippen LogP contribution in [-0.4, -0.2) is 25.5 Å². The number of aliphatic carboxylic acids is 1. The highest BCUT2D eigenvalue weighted by atomic mass is 79.9. The molecule has 1 rings (SSSR count). The van der Waals surface area contributed by atoms with Crippen LogP contribution >= 0.6 is 15.9 Å². The molecule has 0 aliphatic carbocycles. The Bertz CT molecular complexity index is 603. The summed E-state index contributed by atoms with van der Waals surface area (Å²) in [6.07, 6.45) is 0.164. The Morgan fingerprint density at radius 3 is 2.50 bits per heavy atom. The third-order valence-electron chi connectivity index (χ3n) is 2.50. The lowest BCUT2D eigenvalue weighted by atomic mass is 10.1. The van der Waals surface area contributed by atoms with Crippen molar-refractivity contribution in [3.05, 3.63) is 28.5 Å². The number of carboxylic acids is 1. The maximum absolute atomic E-state index is 13.1. The van der Waals surface area contributed by atoms with Crippen molar-refractivity contribution in [3.63, 3.8) is 0 Å². The van der Waals surface area contributed by atoms with Gasteiger partial charge in [0.05, 0.1) is 9.37 Å². The van der Waals surface area contributed by atoms with Crippen molar-refractivity contribution in [1.82, 2.24) is 4.72 Å². The van der Waals surface area contributed by atoms with E-state index in [2.05, 4.69) is 20.7 Å². The number of hydrogen-bond donors (Lipinski definition) is 2. The van der Waals surface area contributed by atoms with E-state index < -0.39 is 27.9 Å². The second-order valence-corrected chi connectivity index (χ2v) is 7.29. The summed E-state index contributed by atoms with van der Waals surface area (Å²) in [5.74, 6) is -1.83. The highest BCUT2D eigenvalue weighted by Gasteiger charge is 2.26. The van der Waals surface area contributed by atoms with Crippen LogP contribution in [0.25, 0.3) is 0 Å². The zero-order chi connectivity index (χ0) is 15.5. The normalized spacial score (nSPS) is 13.4. The fraction of sp³-hybridized carbons (Fsp3) is 0.417. The third kappa shape index (κ3) is 4.53. The summed E-state index contributed by atoms with van der Waals surface area (Å²) < 4.78 is 39.4. The highest BCUT2D eigenvalue weighted by molar-refractivity contribution is 9.10. The van der Waals surface area contributed by atoms with E-state index in [0.29, 0.717) is 0 Å². The number of benzene rings is 1. The molecule has 0 saturated carbocycles. The van der Waals surface area contributed by atoms with Gasteiger partial charge in [0.15, 0.2) is 0 Å². The van der Waals surface area contributed by atoms with Crippen molar-refractivity contribution in [1.29, 1.82) is 0 Å². The summed E-state index contributed by atoms with van der Waals surface area (Å²) in [7, 11) is -4.02. The van der Waals surface area contributed by atoms with Gasteiger partial charge >= 0.3 is 5.97 Å². The van der Waals surface area contributed by atoms with Crippen molar-refractivity contribution in [2.24, 2.45) is 5.92 Å². The number of sulfonamides is 1. The molecule has 0 fully saturated rings. The number of nitrogens with one attached hydrogen (secondary N) is 1. The molecule has 0 amide bonds. The van der Waals surface area contributed by atoms with E-state index in [-0.39, 0.29) is 21.7 Å². The van der Waals surface area contributed by atoms with Crippen LogP contribution in [0, 0.1) is 11.7 Å². The molecule has 0 aliphatic heterocycles. The monoisotopic (exact) mass is 367 g/mol. The molecule has 0 heterocycles. The topological polar surface area (TPSA) is 83.5 Å². The van der Waals surface area contributed by atoms with Gasteiger partial charge in [-0.1, -0.05) is 13.8 Å². The van der Waals surface area contributed by atoms with Gasteiger partial charge in [0.2, 0.25) is 10.0 Å². The Labute approximate surface area is 125 Å². The van der Waals surface area contributed by atoms with Gasteiger partial charge in [-0.05, 0) is 46.5 Å². The minimum absolute atomic E-state index is 0.00360. The van der Waals surface area contributed by atoms with Crippen LogP contribution in [-0.2, 0) is 14.8 Å². The van der Waals surface area contributed by atoms with Gasteiger partial charge in [0.25, 0.3) is 0 Å². The van der Waals surface area contributed by atoms with Gasteiger partial charge in [-0.25, -0.2) is 12.8 Å². The molecule has 0 radical (unpaired) electrons. The highest BCUT2D eigenvalue weighted by Crippen LogP contribution is 2.20. The standard InChI is InChI=1S/C12H15BrFNO4S/c1-7(2)5-11(12(16)17)15-20(18,19)8-3-4-10(14)9(13)6-8/h3-4,6-7,11,15H,5H2,1-2H3,(H,16,17)/t11-/m1/s1. The number of hydrogen-bond acceptors (Lipinski definition) is 3. The first kappa shape index (κ1) is 17.1. The Hall–Kier alpha value is -0.990. The molecule has 1 atom stereocenters. The van der Waals surface area contributed by atoms with Gasteiger partial charge in [-0.2, -0.15) is 4.72 Å². The van der Waals surface area contributed by atoms with E-state index in [1.807, 2.05) is 0 Å². The molecule has 0 unspecified atom stereocenters. The minimum Gasteiger partial charge on any atom is -0.480 e. The largest absolute Gasteiger partial charge is 0.480 e. The maximum atomic E-state index is 13.1. The third-order valence-corrected chi connectivity index (χ3v) is 4.58. The first-order chi connectivity index (χ1) is 9.13. The SMILES string of the molecule is CC(C)C[C@@H](NS(=O)(=O)c1ccc(F)c(Br)c1)C(=O)O. The molecule has 1 aromatic rings. The maximum Gasteiger partial charge on any atom is 0.321 e. The molecule has 20 heavy (non-hydrogen) atoms. The quantitative estimate of drug-likeness (QED) is 0.808. The smallest absolute Gasteiger partial charge is 0.321 e. The zero-order valence-corrected chi connectivity index (χ0v) is 13.3. The van der Waals surface area contributed by atoms with Crippen LogP contribution < -0.4 is 4.72 Å². The van der Waals surface area contributed by atoms with Gasteiger partial charge in [0.1, 0.15) is 11.9 Å². The molecule has 8 heteroatoms. The summed E-state index contributed by atoms with van der Waals surface area (Å²) in [6, 6.07) is 1.95. The van der Waals surface area contributed by atoms with Gasteiger partial charge in [-0.15, -0.1) is 0 Å². The van der Waals surface area contributed by atoms with Gasteiger partial charge in [-0.3, -0.25) is 4.79 Å². The molecule has 1 aromatic carbocycles. The lowest BCUT2D eigenvalue weighted by molar-refractivity contribution is -0.139. The lowest BCUT2D eigenvalue weighted by Gasteiger charge is -2.16. The Kier molecular flexibility index (Phi) is 5.67. The van der Waals surface area contributed by atoms with Crippen LogP contribution in [0.4, 0.5) is 4.39 Å². The fourth-order valence-corrected chi connectivity index (χ4v) is 3.33. The summed E-state index contributed by atoms with van der Waals surface area (Å²) in [5.41, 5.74) is 0. The van der Waals surface area contributed by atoms with Crippen molar-refractivity contribution in [2.45, 2.75) is 31.2 Å². The first-order valence-electron chi connectivity index (χ1n) is 5.83. The molecule has 0 aromatic heterocycles. The van der Waals surface area contributed by atoms with Gasteiger partial charge in [0, 0.05) is 0 Å². The van der Waals surface area contributed by atoms with E-state index in [1.54, 1.807) is 13.8 Å². The summed E-state index contributed by atoms with van der Waals surface area (Å²) in [5, 5.41) is 9.03. The van der Waals surface area contributed by atoms with E-state index in [0.717, 1.165) is 18.2 Å². The number of rotatable bonds is 6. The van der Waals surface area contributed by atoms with E-state index in [1.165, 1.54) is 0 Å². The van der Waals surface area contributed by atoms with Gasteiger partial charge < -0.3 is 5.11 Å². The molecule has 0 spiro atoms. The van der Waals surface area contributed by atoms with Crippen LogP contribution in [0.5, 0.6) is 0 Å². The van der Waals surface area contributed by atoms with Crippen LogP contribution in [0.3, 0.4) is 0 Å². The van der Waals surface area contributed by atoms with E-state index in [9.17, 15) is 17.6 Å². The molecule has 0 aliphatic rings. The van der Waals surface area contributed by atoms with Crippen molar-refractivity contribution >= 4 is 31.9 Å². The Morgan fingerprint density at radius 1 is 1.45 bits per heavy atom. The average Bonchev–Trinajstić information content (AvgIpc) is 2.30. The second-order valence-electron chi connectivity index (χ2n) is 4.72. The predicted octanol–water partition coefficient (Wildman–Crippen LogP) is 2.37. The lowest BCUT2D eigenvalue weighted by Crippen LogP contribution is -2.41. The number of carboxylic acid groups (broad SMARTS) is 1. The van der Waals surface area contributed by atoms with Crippen LogP contribution in [0.15, 0.2) is 27.6 Å². The molecule has 0 bridgehead atoms. The molecule has 112 valence electrons. The Balaban J connectivity index is 3.03. The molecule has 2 N–H and O–H groups in total. The van der Waals surface area contributed by atoms with Crippen LogP contribution in [0.1, 0.15) is 20.3 Å². The summed E-state index contributed by atoms with van der Waals surface area (Å²) in [4.78, 5) is 10.9. The average molecular weight is 368 g/mol. The molecular weight excluding hydrogens is 353 g/mol. The van der Waals surface area contributed by atoms with Crippen molar-refractivity contribution in [2.75, 3.05) is 0 Å². The first-order valence-corrected chi connectivity index (χ1v) is 8.11. The van der Waals surface area contributed by atoms with E-state index >= 15 is 0 Å². The second kappa shape index (κ2) is 6.64. The van der Waals surface area contributed by atoms with Crippen LogP contribution in [0.2, 0.25) is 0 Å². The predicted molar refractivity (Wildman–Crippen MR) is 75.3 cm³/mol. The van der Waals surface area contributed by atoms with E-state index in [4.69, 9.17) is 5.11 Å². The molecule has 5 nitrogen and oxygen atoms in total. The number of halogens is 2. The van der Waals surface area contributed by atoms with Crippen molar-refractivity contribution < 1.29 is 22.7 Å². The van der Waals surface area contributed by atoms with Crippen molar-refractivity contribution in [3.8, 4) is 0 Å². The zero-order valence-electron chi connectivity index (χ0n) is 10.9. The minimum atomic E-state index is -4.02.